The maximum Gasteiger partial charge on any atom is 0.130 e. The molecule has 3 nitrogen and oxygen atoms in total. The van der Waals surface area contributed by atoms with E-state index in [0.29, 0.717) is 27.1 Å². The van der Waals surface area contributed by atoms with Crippen molar-refractivity contribution in [3.8, 4) is 17.2 Å². The predicted octanol–water partition coefficient (Wildman–Crippen LogP) is 5.36. The van der Waals surface area contributed by atoms with Gasteiger partial charge >= 0.3 is 0 Å². The van der Waals surface area contributed by atoms with Crippen molar-refractivity contribution < 1.29 is 14.9 Å². The summed E-state index contributed by atoms with van der Waals surface area (Å²) in [5.74, 6) is 1.16. The van der Waals surface area contributed by atoms with E-state index < -0.39 is 0 Å². The molecule has 0 aliphatic heterocycles. The molecule has 3 aromatic rings. The molecule has 0 amide bonds. The van der Waals surface area contributed by atoms with E-state index in [1.54, 1.807) is 12.1 Å². The first-order chi connectivity index (χ1) is 11.6. The Hall–Kier alpha value is -2.39. The van der Waals surface area contributed by atoms with Crippen LogP contribution < -0.4 is 4.74 Å². The van der Waals surface area contributed by atoms with Crippen LogP contribution in [0.15, 0.2) is 48.5 Å². The summed E-state index contributed by atoms with van der Waals surface area (Å²) in [6.07, 6.45) is 2.14. The lowest BCUT2D eigenvalue weighted by Gasteiger charge is -2.28. The highest BCUT2D eigenvalue weighted by molar-refractivity contribution is 6.30. The molecule has 0 fully saturated rings. The van der Waals surface area contributed by atoms with Gasteiger partial charge < -0.3 is 14.9 Å². The lowest BCUT2D eigenvalue weighted by Crippen LogP contribution is -2.16. The van der Waals surface area contributed by atoms with Crippen LogP contribution in [0.2, 0.25) is 5.02 Å². The summed E-state index contributed by atoms with van der Waals surface area (Å²) in [5, 5.41) is 23.4. The fourth-order valence-corrected chi connectivity index (χ4v) is 3.60. The fourth-order valence-electron chi connectivity index (χ4n) is 3.48. The number of hydrogen-bond donors (Lipinski definition) is 2. The molecule has 1 unspecified atom stereocenters. The number of aromatic hydroxyl groups is 2. The summed E-state index contributed by atoms with van der Waals surface area (Å²) in [6, 6.07) is 14.5. The molecule has 2 N–H and O–H groups in total. The van der Waals surface area contributed by atoms with E-state index >= 15 is 0 Å². The number of benzene rings is 3. The van der Waals surface area contributed by atoms with Crippen LogP contribution in [0.25, 0.3) is 10.8 Å². The van der Waals surface area contributed by atoms with Crippen molar-refractivity contribution in [1.29, 1.82) is 0 Å². The van der Waals surface area contributed by atoms with Gasteiger partial charge in [-0.3, -0.25) is 0 Å². The standard InChI is InChI=1S/C20H17ClO3/c21-12-8-10-13(11-9-12)24-17-7-3-6-16-18(17)20(23)15-5-2-1-4-14(15)19(16)22/h1-2,4-5,8-11,17,22-23H,3,6-7H2. The van der Waals surface area contributed by atoms with Gasteiger partial charge in [0.1, 0.15) is 23.4 Å². The van der Waals surface area contributed by atoms with Crippen molar-refractivity contribution in [3.05, 3.63) is 64.7 Å². The van der Waals surface area contributed by atoms with E-state index in [0.717, 1.165) is 24.8 Å². The summed E-state index contributed by atoms with van der Waals surface area (Å²) in [7, 11) is 0. The third-order valence-corrected chi connectivity index (χ3v) is 4.86. The number of phenolic OH excluding ortho intramolecular Hbond substituents is 2. The first-order valence-corrected chi connectivity index (χ1v) is 8.40. The third kappa shape index (κ3) is 2.45. The molecule has 24 heavy (non-hydrogen) atoms. The summed E-state index contributed by atoms with van der Waals surface area (Å²) in [4.78, 5) is 0. The maximum absolute atomic E-state index is 10.8. The molecular weight excluding hydrogens is 324 g/mol. The molecular formula is C20H17ClO3. The van der Waals surface area contributed by atoms with Gasteiger partial charge in [0.2, 0.25) is 0 Å². The predicted molar refractivity (Wildman–Crippen MR) is 95.0 cm³/mol. The van der Waals surface area contributed by atoms with E-state index in [9.17, 15) is 10.2 Å². The van der Waals surface area contributed by atoms with Gasteiger partial charge in [0.15, 0.2) is 0 Å². The summed E-state index contributed by atoms with van der Waals surface area (Å²) >= 11 is 5.92. The van der Waals surface area contributed by atoms with E-state index in [4.69, 9.17) is 16.3 Å². The molecule has 0 saturated carbocycles. The Morgan fingerprint density at radius 2 is 1.58 bits per heavy atom. The minimum Gasteiger partial charge on any atom is -0.507 e. The topological polar surface area (TPSA) is 49.7 Å². The Labute approximate surface area is 145 Å². The van der Waals surface area contributed by atoms with E-state index in [-0.39, 0.29) is 17.6 Å². The summed E-state index contributed by atoms with van der Waals surface area (Å²) in [6.45, 7) is 0. The van der Waals surface area contributed by atoms with Crippen molar-refractivity contribution in [3.63, 3.8) is 0 Å². The van der Waals surface area contributed by atoms with Crippen molar-refractivity contribution >= 4 is 22.4 Å². The van der Waals surface area contributed by atoms with Gasteiger partial charge in [0.25, 0.3) is 0 Å². The Bertz CT molecular complexity index is 903. The summed E-state index contributed by atoms with van der Waals surface area (Å²) in [5.41, 5.74) is 1.49. The largest absolute Gasteiger partial charge is 0.507 e. The minimum atomic E-state index is -0.287. The average molecular weight is 341 g/mol. The van der Waals surface area contributed by atoms with Gasteiger partial charge in [-0.2, -0.15) is 0 Å². The molecule has 1 aliphatic rings. The molecule has 0 aromatic heterocycles. The number of ether oxygens (including phenoxy) is 1. The van der Waals surface area contributed by atoms with Crippen LogP contribution in [0, 0.1) is 0 Å². The zero-order chi connectivity index (χ0) is 16.7. The number of hydrogen-bond acceptors (Lipinski definition) is 3. The minimum absolute atomic E-state index is 0.206. The highest BCUT2D eigenvalue weighted by Crippen LogP contribution is 2.47. The summed E-state index contributed by atoms with van der Waals surface area (Å²) < 4.78 is 6.09. The average Bonchev–Trinajstić information content (AvgIpc) is 2.61. The van der Waals surface area contributed by atoms with Crippen LogP contribution in [0.1, 0.15) is 30.1 Å². The quantitative estimate of drug-likeness (QED) is 0.617. The van der Waals surface area contributed by atoms with Crippen LogP contribution in [-0.4, -0.2) is 10.2 Å². The molecule has 0 heterocycles. The normalized spacial score (nSPS) is 16.8. The number of phenols is 2. The van der Waals surface area contributed by atoms with Crippen LogP contribution in [0.3, 0.4) is 0 Å². The Morgan fingerprint density at radius 1 is 0.917 bits per heavy atom. The number of fused-ring (bicyclic) bond motifs is 2. The smallest absolute Gasteiger partial charge is 0.130 e. The SMILES string of the molecule is Oc1c2c(c(O)c3ccccc13)C(Oc1ccc(Cl)cc1)CCC2. The van der Waals surface area contributed by atoms with Crippen molar-refractivity contribution in [2.24, 2.45) is 0 Å². The van der Waals surface area contributed by atoms with E-state index in [2.05, 4.69) is 0 Å². The molecule has 0 spiro atoms. The molecule has 122 valence electrons. The van der Waals surface area contributed by atoms with Gasteiger partial charge in [-0.1, -0.05) is 35.9 Å². The molecule has 4 rings (SSSR count). The van der Waals surface area contributed by atoms with Crippen LogP contribution >= 0.6 is 11.6 Å². The second-order valence-electron chi connectivity index (χ2n) is 6.09. The van der Waals surface area contributed by atoms with Crippen LogP contribution in [-0.2, 0) is 6.42 Å². The number of rotatable bonds is 2. The highest BCUT2D eigenvalue weighted by Gasteiger charge is 2.29. The van der Waals surface area contributed by atoms with Gasteiger partial charge in [-0.15, -0.1) is 0 Å². The monoisotopic (exact) mass is 340 g/mol. The Kier molecular flexibility index (Phi) is 3.73. The van der Waals surface area contributed by atoms with Crippen molar-refractivity contribution in [2.45, 2.75) is 25.4 Å². The molecule has 0 bridgehead atoms. The van der Waals surface area contributed by atoms with E-state index in [1.165, 1.54) is 0 Å². The lowest BCUT2D eigenvalue weighted by molar-refractivity contribution is 0.178. The van der Waals surface area contributed by atoms with Gasteiger partial charge in [0, 0.05) is 26.9 Å². The van der Waals surface area contributed by atoms with Gasteiger partial charge in [0.05, 0.1) is 0 Å². The van der Waals surface area contributed by atoms with E-state index in [1.807, 2.05) is 36.4 Å². The van der Waals surface area contributed by atoms with Gasteiger partial charge in [-0.05, 0) is 43.5 Å². The molecule has 1 aliphatic carbocycles. The highest BCUT2D eigenvalue weighted by atomic mass is 35.5. The molecule has 0 saturated heterocycles. The first kappa shape index (κ1) is 15.2. The molecule has 0 radical (unpaired) electrons. The Morgan fingerprint density at radius 3 is 2.29 bits per heavy atom. The second-order valence-corrected chi connectivity index (χ2v) is 6.52. The number of halogens is 1. The van der Waals surface area contributed by atoms with Crippen molar-refractivity contribution in [1.82, 2.24) is 0 Å². The van der Waals surface area contributed by atoms with Gasteiger partial charge in [-0.25, -0.2) is 0 Å². The van der Waals surface area contributed by atoms with Crippen LogP contribution in [0.4, 0.5) is 0 Å². The fraction of sp³-hybridized carbons (Fsp3) is 0.200. The maximum atomic E-state index is 10.8. The first-order valence-electron chi connectivity index (χ1n) is 8.03. The molecule has 4 heteroatoms. The zero-order valence-electron chi connectivity index (χ0n) is 13.0. The zero-order valence-corrected chi connectivity index (χ0v) is 13.8. The Balaban J connectivity index is 1.83. The van der Waals surface area contributed by atoms with Crippen molar-refractivity contribution in [2.75, 3.05) is 0 Å². The molecule has 3 aromatic carbocycles. The second kappa shape index (κ2) is 5.91. The lowest BCUT2D eigenvalue weighted by atomic mass is 9.85. The molecule has 1 atom stereocenters. The van der Waals surface area contributed by atoms with Crippen LogP contribution in [0.5, 0.6) is 17.2 Å². The third-order valence-electron chi connectivity index (χ3n) is 4.61.